The third-order valence-corrected chi connectivity index (χ3v) is 2.22. The number of carbonyl (C=O) groups excluding carboxylic acids is 1. The summed E-state index contributed by atoms with van der Waals surface area (Å²) in [6.45, 7) is 2.07. The van der Waals surface area contributed by atoms with E-state index in [0.29, 0.717) is 17.8 Å². The fourth-order valence-corrected chi connectivity index (χ4v) is 1.37. The SMILES string of the molecule is CCCCCC(=O)c1ccc(CO)[nH]1. The number of H-pyrrole nitrogens is 1. The number of aliphatic hydroxyl groups excluding tert-OH is 1. The van der Waals surface area contributed by atoms with Gasteiger partial charge < -0.3 is 10.1 Å². The van der Waals surface area contributed by atoms with Crippen LogP contribution >= 0.6 is 0 Å². The van der Waals surface area contributed by atoms with Crippen molar-refractivity contribution in [3.63, 3.8) is 0 Å². The number of unbranched alkanes of at least 4 members (excludes halogenated alkanes) is 2. The molecule has 2 N–H and O–H groups in total. The normalized spacial score (nSPS) is 10.4. The summed E-state index contributed by atoms with van der Waals surface area (Å²) in [5, 5.41) is 8.80. The number of hydrogen-bond acceptors (Lipinski definition) is 2. The van der Waals surface area contributed by atoms with Gasteiger partial charge in [-0.2, -0.15) is 0 Å². The molecule has 0 aliphatic rings. The number of nitrogens with one attached hydrogen (secondary N) is 1. The van der Waals surface area contributed by atoms with Crippen LogP contribution < -0.4 is 0 Å². The van der Waals surface area contributed by atoms with Gasteiger partial charge in [0.15, 0.2) is 5.78 Å². The first-order valence-electron chi connectivity index (χ1n) is 5.10. The van der Waals surface area contributed by atoms with Crippen molar-refractivity contribution in [3.8, 4) is 0 Å². The largest absolute Gasteiger partial charge is 0.390 e. The number of aromatic amines is 1. The van der Waals surface area contributed by atoms with Gasteiger partial charge in [0, 0.05) is 12.1 Å². The van der Waals surface area contributed by atoms with Crippen LogP contribution in [0.2, 0.25) is 0 Å². The summed E-state index contributed by atoms with van der Waals surface area (Å²) < 4.78 is 0. The van der Waals surface area contributed by atoms with Crippen LogP contribution in [0.1, 0.15) is 48.8 Å². The van der Waals surface area contributed by atoms with Crippen molar-refractivity contribution in [2.45, 2.75) is 39.2 Å². The zero-order valence-corrected chi connectivity index (χ0v) is 8.55. The highest BCUT2D eigenvalue weighted by Gasteiger charge is 2.07. The van der Waals surface area contributed by atoms with Gasteiger partial charge in [-0.15, -0.1) is 0 Å². The minimum absolute atomic E-state index is 0.0394. The Morgan fingerprint density at radius 3 is 2.79 bits per heavy atom. The summed E-state index contributed by atoms with van der Waals surface area (Å²) in [6, 6.07) is 3.48. The topological polar surface area (TPSA) is 53.1 Å². The molecule has 0 unspecified atom stereocenters. The molecule has 1 aromatic rings. The van der Waals surface area contributed by atoms with Crippen LogP contribution in [-0.4, -0.2) is 15.9 Å². The summed E-state index contributed by atoms with van der Waals surface area (Å²) in [5.74, 6) is 0.137. The average Bonchev–Trinajstić information content (AvgIpc) is 2.66. The van der Waals surface area contributed by atoms with Crippen molar-refractivity contribution in [2.75, 3.05) is 0 Å². The van der Waals surface area contributed by atoms with Crippen molar-refractivity contribution >= 4 is 5.78 Å². The third-order valence-electron chi connectivity index (χ3n) is 2.22. The van der Waals surface area contributed by atoms with Gasteiger partial charge in [-0.1, -0.05) is 19.8 Å². The highest BCUT2D eigenvalue weighted by Crippen LogP contribution is 2.08. The second-order valence-electron chi connectivity index (χ2n) is 3.44. The van der Waals surface area contributed by atoms with Crippen molar-refractivity contribution in [2.24, 2.45) is 0 Å². The number of ketones is 1. The quantitative estimate of drug-likeness (QED) is 0.540. The molecule has 0 radical (unpaired) electrons. The molecule has 3 nitrogen and oxygen atoms in total. The molecule has 1 rings (SSSR count). The molecule has 0 atom stereocenters. The van der Waals surface area contributed by atoms with Crippen LogP contribution in [0.5, 0.6) is 0 Å². The number of aromatic nitrogens is 1. The highest BCUT2D eigenvalue weighted by molar-refractivity contribution is 5.94. The minimum atomic E-state index is -0.0394. The lowest BCUT2D eigenvalue weighted by atomic mass is 10.1. The molecule has 3 heteroatoms. The molecule has 0 fully saturated rings. The summed E-state index contributed by atoms with van der Waals surface area (Å²) in [5.41, 5.74) is 1.31. The van der Waals surface area contributed by atoms with Crippen LogP contribution in [0.3, 0.4) is 0 Å². The van der Waals surface area contributed by atoms with Crippen LogP contribution in [0.25, 0.3) is 0 Å². The molecule has 0 spiro atoms. The lowest BCUT2D eigenvalue weighted by molar-refractivity contribution is 0.0975. The summed E-state index contributed by atoms with van der Waals surface area (Å²) in [7, 11) is 0. The van der Waals surface area contributed by atoms with Crippen molar-refractivity contribution in [1.29, 1.82) is 0 Å². The molecular weight excluding hydrogens is 178 g/mol. The van der Waals surface area contributed by atoms with E-state index in [1.807, 2.05) is 0 Å². The van der Waals surface area contributed by atoms with Crippen molar-refractivity contribution in [1.82, 2.24) is 4.98 Å². The Morgan fingerprint density at radius 2 is 2.21 bits per heavy atom. The molecule has 0 bridgehead atoms. The smallest absolute Gasteiger partial charge is 0.179 e. The van der Waals surface area contributed by atoms with E-state index in [2.05, 4.69) is 11.9 Å². The lowest BCUT2D eigenvalue weighted by Gasteiger charge is -1.97. The predicted octanol–water partition coefficient (Wildman–Crippen LogP) is 2.27. The Kier molecular flexibility index (Phi) is 4.40. The van der Waals surface area contributed by atoms with E-state index in [4.69, 9.17) is 5.11 Å². The Bertz CT molecular complexity index is 291. The van der Waals surface area contributed by atoms with Gasteiger partial charge in [0.2, 0.25) is 0 Å². The lowest BCUT2D eigenvalue weighted by Crippen LogP contribution is -1.99. The second-order valence-corrected chi connectivity index (χ2v) is 3.44. The van der Waals surface area contributed by atoms with Crippen LogP contribution in [0.4, 0.5) is 0 Å². The van der Waals surface area contributed by atoms with Crippen LogP contribution in [0.15, 0.2) is 12.1 Å². The summed E-state index contributed by atoms with van der Waals surface area (Å²) in [4.78, 5) is 14.4. The molecule has 1 aromatic heterocycles. The monoisotopic (exact) mass is 195 g/mol. The minimum Gasteiger partial charge on any atom is -0.390 e. The van der Waals surface area contributed by atoms with E-state index in [1.165, 1.54) is 0 Å². The van der Waals surface area contributed by atoms with Crippen LogP contribution in [-0.2, 0) is 6.61 Å². The first-order valence-corrected chi connectivity index (χ1v) is 5.10. The van der Waals surface area contributed by atoms with Crippen molar-refractivity contribution < 1.29 is 9.90 Å². The number of hydrogen-bond donors (Lipinski definition) is 2. The van der Waals surface area contributed by atoms with Gasteiger partial charge in [-0.3, -0.25) is 4.79 Å². The number of rotatable bonds is 6. The first kappa shape index (κ1) is 11.0. The van der Waals surface area contributed by atoms with Gasteiger partial charge in [0.25, 0.3) is 0 Å². The maximum Gasteiger partial charge on any atom is 0.179 e. The number of carbonyl (C=O) groups is 1. The van der Waals surface area contributed by atoms with E-state index in [1.54, 1.807) is 12.1 Å². The zero-order chi connectivity index (χ0) is 10.4. The molecular formula is C11H17NO2. The first-order chi connectivity index (χ1) is 6.77. The molecule has 0 amide bonds. The molecule has 78 valence electrons. The van der Waals surface area contributed by atoms with Gasteiger partial charge >= 0.3 is 0 Å². The van der Waals surface area contributed by atoms with E-state index in [-0.39, 0.29) is 12.4 Å². The fourth-order valence-electron chi connectivity index (χ4n) is 1.37. The highest BCUT2D eigenvalue weighted by atomic mass is 16.3. The Labute approximate surface area is 84.2 Å². The molecule has 0 saturated carbocycles. The maximum atomic E-state index is 11.5. The second kappa shape index (κ2) is 5.60. The van der Waals surface area contributed by atoms with E-state index < -0.39 is 0 Å². The molecule has 0 aliphatic carbocycles. The van der Waals surface area contributed by atoms with E-state index >= 15 is 0 Å². The average molecular weight is 195 g/mol. The Morgan fingerprint density at radius 1 is 1.43 bits per heavy atom. The fraction of sp³-hybridized carbons (Fsp3) is 0.545. The molecule has 0 aromatic carbocycles. The predicted molar refractivity (Wildman–Crippen MR) is 55.2 cm³/mol. The van der Waals surface area contributed by atoms with E-state index in [0.717, 1.165) is 19.3 Å². The molecule has 1 heterocycles. The van der Waals surface area contributed by atoms with Gasteiger partial charge in [0.1, 0.15) is 0 Å². The molecule has 0 aliphatic heterocycles. The zero-order valence-electron chi connectivity index (χ0n) is 8.55. The number of Topliss-reactive ketones (excluding diaryl/α,β-unsaturated/α-hetero) is 1. The van der Waals surface area contributed by atoms with Gasteiger partial charge in [0.05, 0.1) is 12.3 Å². The van der Waals surface area contributed by atoms with E-state index in [9.17, 15) is 4.79 Å². The maximum absolute atomic E-state index is 11.5. The Hall–Kier alpha value is -1.09. The third kappa shape index (κ3) is 3.00. The number of aliphatic hydroxyl groups is 1. The van der Waals surface area contributed by atoms with Gasteiger partial charge in [-0.05, 0) is 18.6 Å². The standard InChI is InChI=1S/C11H17NO2/c1-2-3-4-5-11(14)10-7-6-9(8-13)12-10/h6-7,12-13H,2-5,8H2,1H3. The summed E-state index contributed by atoms with van der Waals surface area (Å²) >= 11 is 0. The van der Waals surface area contributed by atoms with Gasteiger partial charge in [-0.25, -0.2) is 0 Å². The Balaban J connectivity index is 2.44. The molecule has 14 heavy (non-hydrogen) atoms. The summed E-state index contributed by atoms with van der Waals surface area (Å²) in [6.07, 6.45) is 3.77. The van der Waals surface area contributed by atoms with Crippen molar-refractivity contribution in [3.05, 3.63) is 23.5 Å². The molecule has 0 saturated heterocycles. The van der Waals surface area contributed by atoms with Crippen LogP contribution in [0, 0.1) is 0 Å².